The molecule has 5 nitrogen and oxygen atoms in total. The average Bonchev–Trinajstić information content (AvgIpc) is 3.52. The van der Waals surface area contributed by atoms with Crippen molar-refractivity contribution >= 4 is 23.3 Å². The number of nitrogens with zero attached hydrogens (tertiary/aromatic N) is 4. The number of rotatable bonds is 7. The first-order valence-electron chi connectivity index (χ1n) is 9.48. The lowest BCUT2D eigenvalue weighted by molar-refractivity contribution is 0.248. The third-order valence-corrected chi connectivity index (χ3v) is 5.85. The Balaban J connectivity index is 1.26. The van der Waals surface area contributed by atoms with E-state index in [1.165, 1.54) is 43.7 Å². The summed E-state index contributed by atoms with van der Waals surface area (Å²) in [5, 5.41) is 12.6. The highest BCUT2D eigenvalue weighted by Crippen LogP contribution is 2.30. The minimum atomic E-state index is 0.767. The molecule has 6 heteroatoms. The zero-order valence-electron chi connectivity index (χ0n) is 15.4. The van der Waals surface area contributed by atoms with Crippen LogP contribution in [0.3, 0.4) is 0 Å². The fraction of sp³-hybridized carbons (Fsp3) is 0.500. The topological polar surface area (TPSA) is 44.3 Å². The Kier molecular flexibility index (Phi) is 5.60. The summed E-state index contributed by atoms with van der Waals surface area (Å²) in [6.45, 7) is 6.76. The van der Waals surface area contributed by atoms with Gasteiger partial charge in [-0.05, 0) is 54.8 Å². The largest absolute Gasteiger partial charge is 0.369 e. The SMILES string of the molecule is CSc1ccc(NCc2ccc(N3CCN(CC4CC4)CC3)cc2)nn1. The van der Waals surface area contributed by atoms with Crippen LogP contribution in [-0.4, -0.2) is 54.1 Å². The van der Waals surface area contributed by atoms with Gasteiger partial charge >= 0.3 is 0 Å². The Labute approximate surface area is 160 Å². The normalized spacial score (nSPS) is 18.1. The predicted molar refractivity (Wildman–Crippen MR) is 109 cm³/mol. The third kappa shape index (κ3) is 4.68. The van der Waals surface area contributed by atoms with Crippen molar-refractivity contribution in [3.63, 3.8) is 0 Å². The van der Waals surface area contributed by atoms with E-state index in [2.05, 4.69) is 49.6 Å². The van der Waals surface area contributed by atoms with Crippen LogP contribution in [0.25, 0.3) is 0 Å². The van der Waals surface area contributed by atoms with Gasteiger partial charge in [0.2, 0.25) is 0 Å². The van der Waals surface area contributed by atoms with Crippen molar-refractivity contribution < 1.29 is 0 Å². The van der Waals surface area contributed by atoms with Gasteiger partial charge in [-0.3, -0.25) is 4.90 Å². The van der Waals surface area contributed by atoms with Gasteiger partial charge in [0.1, 0.15) is 10.8 Å². The minimum Gasteiger partial charge on any atom is -0.369 e. The van der Waals surface area contributed by atoms with Crippen molar-refractivity contribution in [3.8, 4) is 0 Å². The van der Waals surface area contributed by atoms with Crippen LogP contribution < -0.4 is 10.2 Å². The van der Waals surface area contributed by atoms with Gasteiger partial charge in [-0.2, -0.15) is 0 Å². The van der Waals surface area contributed by atoms with E-state index in [0.29, 0.717) is 0 Å². The van der Waals surface area contributed by atoms with Crippen molar-refractivity contribution in [2.45, 2.75) is 24.4 Å². The van der Waals surface area contributed by atoms with Crippen molar-refractivity contribution in [1.82, 2.24) is 15.1 Å². The standard InChI is InChI=1S/C20H27N5S/c1-26-20-9-8-19(22-23-20)21-14-16-4-6-18(7-5-16)25-12-10-24(11-13-25)15-17-2-3-17/h4-9,17H,2-3,10-15H2,1H3,(H,21,22). The van der Waals surface area contributed by atoms with Crippen LogP contribution in [-0.2, 0) is 6.54 Å². The Morgan fingerprint density at radius 1 is 1.00 bits per heavy atom. The van der Waals surface area contributed by atoms with Crippen LogP contribution in [0.5, 0.6) is 0 Å². The molecule has 0 bridgehead atoms. The number of benzene rings is 1. The summed E-state index contributed by atoms with van der Waals surface area (Å²) in [7, 11) is 0. The summed E-state index contributed by atoms with van der Waals surface area (Å²) in [6.07, 6.45) is 4.90. The molecule has 1 saturated carbocycles. The second-order valence-corrected chi connectivity index (χ2v) is 8.04. The molecule has 0 atom stereocenters. The molecule has 1 N–H and O–H groups in total. The smallest absolute Gasteiger partial charge is 0.148 e. The number of hydrogen-bond acceptors (Lipinski definition) is 6. The second-order valence-electron chi connectivity index (χ2n) is 7.21. The van der Waals surface area contributed by atoms with E-state index in [9.17, 15) is 0 Å². The van der Waals surface area contributed by atoms with Crippen LogP contribution in [0, 0.1) is 5.92 Å². The van der Waals surface area contributed by atoms with Crippen LogP contribution in [0.2, 0.25) is 0 Å². The van der Waals surface area contributed by atoms with Crippen LogP contribution in [0.4, 0.5) is 11.5 Å². The fourth-order valence-corrected chi connectivity index (χ4v) is 3.72. The highest BCUT2D eigenvalue weighted by atomic mass is 32.2. The maximum absolute atomic E-state index is 4.19. The van der Waals surface area contributed by atoms with Gasteiger partial charge in [-0.25, -0.2) is 0 Å². The number of nitrogens with one attached hydrogen (secondary N) is 1. The first-order chi connectivity index (χ1) is 12.8. The quantitative estimate of drug-likeness (QED) is 0.755. The Bertz CT molecular complexity index is 691. The fourth-order valence-electron chi connectivity index (χ4n) is 3.39. The molecule has 26 heavy (non-hydrogen) atoms. The molecule has 1 aliphatic carbocycles. The van der Waals surface area contributed by atoms with E-state index < -0.39 is 0 Å². The summed E-state index contributed by atoms with van der Waals surface area (Å²) < 4.78 is 0. The van der Waals surface area contributed by atoms with Crippen LogP contribution in [0.15, 0.2) is 41.4 Å². The third-order valence-electron chi connectivity index (χ3n) is 5.21. The average molecular weight is 370 g/mol. The molecule has 1 aromatic carbocycles. The maximum atomic E-state index is 4.19. The zero-order valence-corrected chi connectivity index (χ0v) is 16.2. The number of thioether (sulfide) groups is 1. The summed E-state index contributed by atoms with van der Waals surface area (Å²) >= 11 is 1.60. The molecular formula is C20H27N5S. The first-order valence-corrected chi connectivity index (χ1v) is 10.7. The minimum absolute atomic E-state index is 0.767. The summed E-state index contributed by atoms with van der Waals surface area (Å²) in [6, 6.07) is 12.9. The van der Waals surface area contributed by atoms with Gasteiger partial charge < -0.3 is 10.2 Å². The van der Waals surface area contributed by atoms with E-state index >= 15 is 0 Å². The monoisotopic (exact) mass is 369 g/mol. The molecule has 2 aliphatic rings. The summed E-state index contributed by atoms with van der Waals surface area (Å²) in [5.41, 5.74) is 2.60. The lowest BCUT2D eigenvalue weighted by Crippen LogP contribution is -2.47. The van der Waals surface area contributed by atoms with Gasteiger partial charge in [0.05, 0.1) is 0 Å². The lowest BCUT2D eigenvalue weighted by atomic mass is 10.1. The Hall–Kier alpha value is -1.79. The van der Waals surface area contributed by atoms with Gasteiger partial charge in [-0.15, -0.1) is 22.0 Å². The number of piperazine rings is 1. The van der Waals surface area contributed by atoms with Crippen molar-refractivity contribution in [1.29, 1.82) is 0 Å². The highest BCUT2D eigenvalue weighted by Gasteiger charge is 2.26. The van der Waals surface area contributed by atoms with Crippen molar-refractivity contribution in [3.05, 3.63) is 42.0 Å². The Morgan fingerprint density at radius 3 is 2.38 bits per heavy atom. The molecule has 0 radical (unpaired) electrons. The first kappa shape index (κ1) is 17.6. The predicted octanol–water partition coefficient (Wildman–Crippen LogP) is 3.34. The molecule has 2 aromatic rings. The van der Waals surface area contributed by atoms with Crippen molar-refractivity contribution in [2.75, 3.05) is 49.2 Å². The van der Waals surface area contributed by atoms with Crippen molar-refractivity contribution in [2.24, 2.45) is 5.92 Å². The van der Waals surface area contributed by atoms with Gasteiger partial charge in [-0.1, -0.05) is 12.1 Å². The molecule has 2 heterocycles. The molecule has 0 spiro atoms. The van der Waals surface area contributed by atoms with Crippen LogP contribution >= 0.6 is 11.8 Å². The number of anilines is 2. The van der Waals surface area contributed by atoms with E-state index in [1.807, 2.05) is 18.4 Å². The lowest BCUT2D eigenvalue weighted by Gasteiger charge is -2.36. The number of aromatic nitrogens is 2. The molecule has 1 aromatic heterocycles. The zero-order chi connectivity index (χ0) is 17.8. The van der Waals surface area contributed by atoms with E-state index in [1.54, 1.807) is 11.8 Å². The highest BCUT2D eigenvalue weighted by molar-refractivity contribution is 7.98. The van der Waals surface area contributed by atoms with E-state index in [0.717, 1.165) is 36.4 Å². The van der Waals surface area contributed by atoms with Gasteiger partial charge in [0.25, 0.3) is 0 Å². The molecule has 138 valence electrons. The maximum Gasteiger partial charge on any atom is 0.148 e. The molecule has 4 rings (SSSR count). The summed E-state index contributed by atoms with van der Waals surface area (Å²) in [4.78, 5) is 5.14. The molecular weight excluding hydrogens is 342 g/mol. The van der Waals surface area contributed by atoms with Crippen LogP contribution in [0.1, 0.15) is 18.4 Å². The molecule has 0 unspecified atom stereocenters. The molecule has 1 saturated heterocycles. The number of hydrogen-bond donors (Lipinski definition) is 1. The van der Waals surface area contributed by atoms with E-state index in [4.69, 9.17) is 0 Å². The van der Waals surface area contributed by atoms with E-state index in [-0.39, 0.29) is 0 Å². The molecule has 2 fully saturated rings. The van der Waals surface area contributed by atoms with Gasteiger partial charge in [0, 0.05) is 45.0 Å². The molecule has 0 amide bonds. The molecule has 1 aliphatic heterocycles. The summed E-state index contributed by atoms with van der Waals surface area (Å²) in [5.74, 6) is 1.81. The second kappa shape index (κ2) is 8.27. The Morgan fingerprint density at radius 2 is 1.77 bits per heavy atom. The van der Waals surface area contributed by atoms with Gasteiger partial charge in [0.15, 0.2) is 0 Å².